The molecular weight excluding hydrogens is 366 g/mol. The van der Waals surface area contributed by atoms with Gasteiger partial charge < -0.3 is 10.6 Å². The van der Waals surface area contributed by atoms with Crippen LogP contribution in [0.1, 0.15) is 18.0 Å². The third-order valence-corrected chi connectivity index (χ3v) is 3.72. The minimum Gasteiger partial charge on any atom is -0.340 e. The number of thiol groups is 1. The zero-order chi connectivity index (χ0) is 18.4. The van der Waals surface area contributed by atoms with Crippen molar-refractivity contribution in [2.24, 2.45) is 0 Å². The minimum absolute atomic E-state index is 0.0876. The van der Waals surface area contributed by atoms with E-state index in [-0.39, 0.29) is 17.8 Å². The predicted octanol–water partition coefficient (Wildman–Crippen LogP) is 3.96. The molecule has 9 heteroatoms. The van der Waals surface area contributed by atoms with E-state index < -0.39 is 22.1 Å². The van der Waals surface area contributed by atoms with E-state index in [0.717, 1.165) is 0 Å². The quantitative estimate of drug-likeness (QED) is 0.401. The van der Waals surface area contributed by atoms with Crippen molar-refractivity contribution in [3.05, 3.63) is 69.2 Å². The van der Waals surface area contributed by atoms with Gasteiger partial charge in [0.1, 0.15) is 5.69 Å². The summed E-state index contributed by atoms with van der Waals surface area (Å²) in [5.74, 6) is -0.490. The summed E-state index contributed by atoms with van der Waals surface area (Å²) in [6, 6.07) is 11.8. The summed E-state index contributed by atoms with van der Waals surface area (Å²) in [5, 5.41) is 16.0. The van der Waals surface area contributed by atoms with Gasteiger partial charge in [-0.15, -0.1) is 0 Å². The van der Waals surface area contributed by atoms with Gasteiger partial charge in [-0.05, 0) is 23.8 Å². The topological polar surface area (TPSA) is 101 Å². The lowest BCUT2D eigenvalue weighted by Gasteiger charge is -2.18. The summed E-state index contributed by atoms with van der Waals surface area (Å²) in [7, 11) is 0. The molecule has 0 aromatic heterocycles. The van der Waals surface area contributed by atoms with Gasteiger partial charge in [-0.3, -0.25) is 19.7 Å². The number of rotatable bonds is 6. The van der Waals surface area contributed by atoms with E-state index in [1.807, 2.05) is 0 Å². The number of para-hydroxylation sites is 2. The first-order chi connectivity index (χ1) is 11.9. The monoisotopic (exact) mass is 379 g/mol. The van der Waals surface area contributed by atoms with E-state index >= 15 is 0 Å². The molecule has 0 saturated carbocycles. The highest BCUT2D eigenvalue weighted by Gasteiger charge is 2.20. The number of hydrogen-bond acceptors (Lipinski definition) is 4. The van der Waals surface area contributed by atoms with Crippen LogP contribution in [-0.2, 0) is 4.79 Å². The van der Waals surface area contributed by atoms with Gasteiger partial charge in [-0.2, -0.15) is 0 Å². The lowest BCUT2D eigenvalue weighted by molar-refractivity contribution is -0.383. The fourth-order valence-electron chi connectivity index (χ4n) is 2.22. The molecule has 0 saturated heterocycles. The lowest BCUT2D eigenvalue weighted by Crippen LogP contribution is -2.28. The maximum Gasteiger partial charge on any atom is 0.292 e. The Hall–Kier alpha value is -2.58. The second kappa shape index (κ2) is 8.50. The number of nitrogens with zero attached hydrogens (tertiary/aromatic N) is 1. The Kier molecular flexibility index (Phi) is 6.37. The molecular formula is C16H14ClN3O4S. The van der Waals surface area contributed by atoms with Crippen LogP contribution < -0.4 is 10.6 Å². The fraction of sp³-hybridized carbons (Fsp3) is 0.125. The number of nitro groups is 1. The average Bonchev–Trinajstić information content (AvgIpc) is 2.54. The van der Waals surface area contributed by atoms with Crippen molar-refractivity contribution in [1.29, 1.82) is 0 Å². The Labute approximate surface area is 153 Å². The second-order valence-electron chi connectivity index (χ2n) is 5.08. The first-order valence-corrected chi connectivity index (χ1v) is 7.97. The highest BCUT2D eigenvalue weighted by molar-refractivity contribution is 7.96. The third kappa shape index (κ3) is 5.47. The van der Waals surface area contributed by atoms with Crippen LogP contribution >= 0.6 is 24.2 Å². The van der Waals surface area contributed by atoms with Crippen LogP contribution in [0, 0.1) is 10.1 Å². The molecule has 2 rings (SSSR count). The van der Waals surface area contributed by atoms with Gasteiger partial charge in [-0.1, -0.05) is 48.5 Å². The first kappa shape index (κ1) is 18.8. The normalized spacial score (nSPS) is 11.4. The molecule has 0 aliphatic heterocycles. The first-order valence-electron chi connectivity index (χ1n) is 7.15. The number of nitrogens with one attached hydrogen (secondary N) is 2. The number of nitro benzene ring substituents is 1. The number of benzene rings is 2. The molecule has 7 nitrogen and oxygen atoms in total. The van der Waals surface area contributed by atoms with Gasteiger partial charge in [0, 0.05) is 11.1 Å². The van der Waals surface area contributed by atoms with Crippen LogP contribution in [0.25, 0.3) is 0 Å². The van der Waals surface area contributed by atoms with Crippen LogP contribution in [0.4, 0.5) is 16.2 Å². The Morgan fingerprint density at radius 2 is 1.80 bits per heavy atom. The predicted molar refractivity (Wildman–Crippen MR) is 98.1 cm³/mol. The Morgan fingerprint density at radius 1 is 1.16 bits per heavy atom. The van der Waals surface area contributed by atoms with Crippen LogP contribution in [-0.4, -0.2) is 16.1 Å². The molecule has 0 heterocycles. The largest absolute Gasteiger partial charge is 0.340 e. The molecule has 0 bridgehead atoms. The van der Waals surface area contributed by atoms with Crippen molar-refractivity contribution >= 4 is 46.8 Å². The third-order valence-electron chi connectivity index (χ3n) is 3.33. The summed E-state index contributed by atoms with van der Waals surface area (Å²) in [5.41, 5.74) is 0.534. The Morgan fingerprint density at radius 3 is 2.40 bits per heavy atom. The average molecular weight is 380 g/mol. The molecule has 0 spiro atoms. The van der Waals surface area contributed by atoms with Gasteiger partial charge >= 0.3 is 0 Å². The van der Waals surface area contributed by atoms with Gasteiger partial charge in [-0.25, -0.2) is 0 Å². The fourth-order valence-corrected chi connectivity index (χ4v) is 2.50. The van der Waals surface area contributed by atoms with Gasteiger partial charge in [0.25, 0.3) is 10.9 Å². The zero-order valence-electron chi connectivity index (χ0n) is 12.8. The maximum absolute atomic E-state index is 12.3. The number of amides is 2. The molecule has 25 heavy (non-hydrogen) atoms. The number of halogens is 1. The van der Waals surface area contributed by atoms with E-state index in [2.05, 4.69) is 23.3 Å². The van der Waals surface area contributed by atoms with Crippen LogP contribution in [0.2, 0.25) is 5.02 Å². The molecule has 2 N–H and O–H groups in total. The van der Waals surface area contributed by atoms with Crippen molar-refractivity contribution < 1.29 is 14.5 Å². The molecule has 2 aromatic carbocycles. The minimum atomic E-state index is -0.648. The van der Waals surface area contributed by atoms with Gasteiger partial charge in [0.2, 0.25) is 5.91 Å². The summed E-state index contributed by atoms with van der Waals surface area (Å²) >= 11 is 9.51. The van der Waals surface area contributed by atoms with Crippen LogP contribution in [0.3, 0.4) is 0 Å². The van der Waals surface area contributed by atoms with Crippen molar-refractivity contribution in [3.8, 4) is 0 Å². The zero-order valence-corrected chi connectivity index (χ0v) is 14.5. The van der Waals surface area contributed by atoms with Crippen molar-refractivity contribution in [3.63, 3.8) is 0 Å². The Balaban J connectivity index is 2.16. The molecule has 0 unspecified atom stereocenters. The SMILES string of the molecule is O=C(S)N[C@@H](CC(=O)Nc1ccccc1[N+](=O)[O-])c1ccc(Cl)cc1. The van der Waals surface area contributed by atoms with Crippen LogP contribution in [0.15, 0.2) is 48.5 Å². The molecule has 0 aliphatic carbocycles. The molecule has 2 amide bonds. The lowest BCUT2D eigenvalue weighted by atomic mass is 10.0. The highest BCUT2D eigenvalue weighted by Crippen LogP contribution is 2.25. The van der Waals surface area contributed by atoms with E-state index in [9.17, 15) is 19.7 Å². The van der Waals surface area contributed by atoms with Crippen molar-refractivity contribution in [2.75, 3.05) is 5.32 Å². The van der Waals surface area contributed by atoms with Gasteiger partial charge in [0.15, 0.2) is 0 Å². The van der Waals surface area contributed by atoms with Crippen molar-refractivity contribution in [1.82, 2.24) is 5.32 Å². The smallest absolute Gasteiger partial charge is 0.292 e. The summed E-state index contributed by atoms with van der Waals surface area (Å²) in [6.45, 7) is 0. The summed E-state index contributed by atoms with van der Waals surface area (Å²) in [4.78, 5) is 34.0. The maximum atomic E-state index is 12.3. The highest BCUT2D eigenvalue weighted by atomic mass is 35.5. The van der Waals surface area contributed by atoms with E-state index in [1.54, 1.807) is 30.3 Å². The van der Waals surface area contributed by atoms with E-state index in [0.29, 0.717) is 10.6 Å². The van der Waals surface area contributed by atoms with Gasteiger partial charge in [0.05, 0.1) is 17.4 Å². The number of anilines is 1. The molecule has 0 fully saturated rings. The van der Waals surface area contributed by atoms with Crippen molar-refractivity contribution in [2.45, 2.75) is 12.5 Å². The Bertz CT molecular complexity index is 798. The standard InChI is InChI=1S/C16H14ClN3O4S/c17-11-7-5-10(6-8-11)13(19-16(22)25)9-15(21)18-12-3-1-2-4-14(12)20(23)24/h1-8,13H,9H2,(H,18,21)(H2,19,22,25)/t13-/m0/s1. The van der Waals surface area contributed by atoms with Crippen LogP contribution in [0.5, 0.6) is 0 Å². The summed E-state index contributed by atoms with van der Waals surface area (Å²) in [6.07, 6.45) is -0.125. The molecule has 0 aliphatic rings. The van der Waals surface area contributed by atoms with E-state index in [4.69, 9.17) is 11.6 Å². The molecule has 1 atom stereocenters. The molecule has 130 valence electrons. The number of carbonyl (C=O) groups is 2. The number of hydrogen-bond donors (Lipinski definition) is 3. The van der Waals surface area contributed by atoms with E-state index in [1.165, 1.54) is 18.2 Å². The second-order valence-corrected chi connectivity index (χ2v) is 5.92. The number of carbonyl (C=O) groups excluding carboxylic acids is 2. The molecule has 0 radical (unpaired) electrons. The molecule has 2 aromatic rings. The summed E-state index contributed by atoms with van der Waals surface area (Å²) < 4.78 is 0.